The van der Waals surface area contributed by atoms with Crippen LogP contribution in [0.4, 0.5) is 0 Å². The molecule has 0 spiro atoms. The molecule has 0 bridgehead atoms. The Morgan fingerprint density at radius 2 is 1.96 bits per heavy atom. The number of nitrogens with zero attached hydrogens (tertiary/aromatic N) is 2. The van der Waals surface area contributed by atoms with Gasteiger partial charge in [-0.1, -0.05) is 18.2 Å². The van der Waals surface area contributed by atoms with Crippen molar-refractivity contribution < 1.29 is 13.2 Å². The first-order valence-corrected chi connectivity index (χ1v) is 10.3. The number of fused-ring (bicyclic) bond motifs is 1. The van der Waals surface area contributed by atoms with Gasteiger partial charge in [0.25, 0.3) is 0 Å². The van der Waals surface area contributed by atoms with Gasteiger partial charge in [0.1, 0.15) is 4.90 Å². The Morgan fingerprint density at radius 3 is 2.61 bits per heavy atom. The molecule has 1 aromatic heterocycles. The molecular formula is C18H26ClN5O3S. The van der Waals surface area contributed by atoms with E-state index < -0.39 is 16.1 Å². The number of amides is 1. The van der Waals surface area contributed by atoms with E-state index in [9.17, 15) is 13.2 Å². The van der Waals surface area contributed by atoms with Crippen LogP contribution in [0.3, 0.4) is 0 Å². The van der Waals surface area contributed by atoms with Crippen molar-refractivity contribution in [2.75, 3.05) is 0 Å². The first kappa shape index (κ1) is 22.4. The summed E-state index contributed by atoms with van der Waals surface area (Å²) in [5, 5.41) is 10.2. The van der Waals surface area contributed by atoms with E-state index in [1.54, 1.807) is 20.9 Å². The molecule has 28 heavy (non-hydrogen) atoms. The third-order valence-corrected chi connectivity index (χ3v) is 6.60. The Bertz CT molecular complexity index is 987. The summed E-state index contributed by atoms with van der Waals surface area (Å²) in [6, 6.07) is 5.19. The van der Waals surface area contributed by atoms with Crippen molar-refractivity contribution in [2.24, 2.45) is 7.05 Å². The van der Waals surface area contributed by atoms with Crippen molar-refractivity contribution in [1.29, 1.82) is 0 Å². The summed E-state index contributed by atoms with van der Waals surface area (Å²) in [6.45, 7) is 6.89. The number of hydrogen-bond donors (Lipinski definition) is 3. The van der Waals surface area contributed by atoms with Crippen molar-refractivity contribution in [3.05, 3.63) is 46.3 Å². The summed E-state index contributed by atoms with van der Waals surface area (Å²) in [5.74, 6) is -0.378. The molecule has 0 radical (unpaired) electrons. The second-order valence-electron chi connectivity index (χ2n) is 6.89. The fourth-order valence-electron chi connectivity index (χ4n) is 3.29. The van der Waals surface area contributed by atoms with Crippen LogP contribution in [0.5, 0.6) is 0 Å². The van der Waals surface area contributed by atoms with Gasteiger partial charge in [0.15, 0.2) is 0 Å². The number of carbonyl (C=O) groups is 1. The monoisotopic (exact) mass is 427 g/mol. The SMILES string of the molecule is Cc1nn(C)c(C)c1S(=O)(=O)NC(C)C(=O)NCc1ccc2c(c1)CNC2.Cl. The third kappa shape index (κ3) is 4.54. The van der Waals surface area contributed by atoms with Crippen molar-refractivity contribution in [2.45, 2.75) is 51.3 Å². The van der Waals surface area contributed by atoms with E-state index in [0.717, 1.165) is 18.7 Å². The highest BCUT2D eigenvalue weighted by Gasteiger charge is 2.27. The molecule has 2 aromatic rings. The first-order valence-electron chi connectivity index (χ1n) is 8.80. The van der Waals surface area contributed by atoms with Gasteiger partial charge in [-0.3, -0.25) is 9.48 Å². The lowest BCUT2D eigenvalue weighted by Gasteiger charge is -2.15. The van der Waals surface area contributed by atoms with Crippen LogP contribution in [-0.4, -0.2) is 30.1 Å². The standard InChI is InChI=1S/C18H25N5O3S.ClH/c1-11-17(13(3)23(4)21-11)27(25,26)22-12(2)18(24)20-8-14-5-6-15-9-19-10-16(15)7-14;/h5-7,12,19,22H,8-10H2,1-4H3,(H,20,24);1H. The molecule has 3 N–H and O–H groups in total. The highest BCUT2D eigenvalue weighted by atomic mass is 35.5. The van der Waals surface area contributed by atoms with Crippen molar-refractivity contribution in [1.82, 2.24) is 25.1 Å². The topological polar surface area (TPSA) is 105 Å². The van der Waals surface area contributed by atoms with Gasteiger partial charge >= 0.3 is 0 Å². The zero-order chi connectivity index (χ0) is 19.8. The van der Waals surface area contributed by atoms with Gasteiger partial charge in [0.05, 0.1) is 17.4 Å². The lowest BCUT2D eigenvalue weighted by molar-refractivity contribution is -0.122. The van der Waals surface area contributed by atoms with Crippen LogP contribution in [-0.2, 0) is 41.5 Å². The molecule has 1 aromatic carbocycles. The number of benzene rings is 1. The average Bonchev–Trinajstić information content (AvgIpc) is 3.15. The number of rotatable bonds is 6. The summed E-state index contributed by atoms with van der Waals surface area (Å²) < 4.78 is 29.3. The Hall–Kier alpha value is -1.94. The van der Waals surface area contributed by atoms with Gasteiger partial charge in [0, 0.05) is 26.7 Å². The number of hydrogen-bond acceptors (Lipinski definition) is 5. The van der Waals surface area contributed by atoms with Gasteiger partial charge in [-0.25, -0.2) is 8.42 Å². The maximum absolute atomic E-state index is 12.7. The van der Waals surface area contributed by atoms with E-state index in [2.05, 4.69) is 32.6 Å². The number of carbonyl (C=O) groups excluding carboxylic acids is 1. The second kappa shape index (κ2) is 8.60. The number of sulfonamides is 1. The molecule has 1 amide bonds. The minimum atomic E-state index is -3.84. The van der Waals surface area contributed by atoms with Crippen molar-refractivity contribution >= 4 is 28.3 Å². The van der Waals surface area contributed by atoms with Gasteiger partial charge in [-0.05, 0) is 37.5 Å². The van der Waals surface area contributed by atoms with E-state index in [0.29, 0.717) is 17.9 Å². The van der Waals surface area contributed by atoms with Crippen LogP contribution < -0.4 is 15.4 Å². The van der Waals surface area contributed by atoms with Gasteiger partial charge in [-0.2, -0.15) is 9.82 Å². The molecule has 1 unspecified atom stereocenters. The van der Waals surface area contributed by atoms with Gasteiger partial charge < -0.3 is 10.6 Å². The van der Waals surface area contributed by atoms with E-state index in [-0.39, 0.29) is 23.2 Å². The second-order valence-corrected chi connectivity index (χ2v) is 8.54. The molecule has 0 saturated carbocycles. The molecule has 1 aliphatic heterocycles. The van der Waals surface area contributed by atoms with Crippen LogP contribution in [0.2, 0.25) is 0 Å². The zero-order valence-corrected chi connectivity index (χ0v) is 18.0. The smallest absolute Gasteiger partial charge is 0.244 e. The minimum Gasteiger partial charge on any atom is -0.351 e. The lowest BCUT2D eigenvalue weighted by Crippen LogP contribution is -2.44. The Balaban J connectivity index is 0.00000280. The van der Waals surface area contributed by atoms with E-state index in [1.807, 2.05) is 6.07 Å². The molecule has 10 heteroatoms. The van der Waals surface area contributed by atoms with E-state index in [1.165, 1.54) is 22.7 Å². The third-order valence-electron chi connectivity index (χ3n) is 4.80. The summed E-state index contributed by atoms with van der Waals surface area (Å²) in [4.78, 5) is 12.5. The molecule has 154 valence electrons. The van der Waals surface area contributed by atoms with E-state index in [4.69, 9.17) is 0 Å². The maximum atomic E-state index is 12.7. The quantitative estimate of drug-likeness (QED) is 0.639. The molecule has 0 fully saturated rings. The van der Waals surface area contributed by atoms with Crippen molar-refractivity contribution in [3.8, 4) is 0 Å². The normalized spacial score (nSPS) is 14.3. The van der Waals surface area contributed by atoms with Gasteiger partial charge in [0.2, 0.25) is 15.9 Å². The fraction of sp³-hybridized carbons (Fsp3) is 0.444. The van der Waals surface area contributed by atoms with Crippen LogP contribution in [0.1, 0.15) is 35.0 Å². The number of aromatic nitrogens is 2. The first-order chi connectivity index (χ1) is 12.7. The average molecular weight is 428 g/mol. The number of nitrogens with one attached hydrogen (secondary N) is 3. The van der Waals surface area contributed by atoms with Crippen LogP contribution in [0, 0.1) is 13.8 Å². The van der Waals surface area contributed by atoms with E-state index >= 15 is 0 Å². The van der Waals surface area contributed by atoms with Crippen LogP contribution in [0.15, 0.2) is 23.1 Å². The largest absolute Gasteiger partial charge is 0.351 e. The molecule has 3 rings (SSSR count). The molecule has 1 aliphatic rings. The lowest BCUT2D eigenvalue weighted by atomic mass is 10.1. The molecule has 2 heterocycles. The highest BCUT2D eigenvalue weighted by molar-refractivity contribution is 7.89. The highest BCUT2D eigenvalue weighted by Crippen LogP contribution is 2.19. The Kier molecular flexibility index (Phi) is 6.87. The Labute approximate surface area is 171 Å². The Morgan fingerprint density at radius 1 is 1.29 bits per heavy atom. The van der Waals surface area contributed by atoms with Crippen molar-refractivity contribution in [3.63, 3.8) is 0 Å². The molecule has 0 aliphatic carbocycles. The summed E-state index contributed by atoms with van der Waals surface area (Å²) in [5.41, 5.74) is 4.42. The number of halogens is 1. The van der Waals surface area contributed by atoms with Gasteiger partial charge in [-0.15, -0.1) is 12.4 Å². The summed E-state index contributed by atoms with van der Waals surface area (Å²) in [6.07, 6.45) is 0. The minimum absolute atomic E-state index is 0. The molecule has 1 atom stereocenters. The summed E-state index contributed by atoms with van der Waals surface area (Å²) >= 11 is 0. The zero-order valence-electron chi connectivity index (χ0n) is 16.4. The maximum Gasteiger partial charge on any atom is 0.244 e. The predicted molar refractivity (Wildman–Crippen MR) is 109 cm³/mol. The fourth-order valence-corrected chi connectivity index (χ4v) is 4.93. The molecule has 0 saturated heterocycles. The molecular weight excluding hydrogens is 402 g/mol. The van der Waals surface area contributed by atoms with Crippen LogP contribution >= 0.6 is 12.4 Å². The number of aryl methyl sites for hydroxylation is 2. The summed E-state index contributed by atoms with van der Waals surface area (Å²) in [7, 11) is -2.15. The predicted octanol–water partition coefficient (Wildman–Crippen LogP) is 1.05. The van der Waals surface area contributed by atoms with Crippen LogP contribution in [0.25, 0.3) is 0 Å². The molecule has 8 nitrogen and oxygen atoms in total.